The van der Waals surface area contributed by atoms with Crippen molar-refractivity contribution in [2.24, 2.45) is 0 Å². The third-order valence-corrected chi connectivity index (χ3v) is 6.80. The molecule has 1 fully saturated rings. The molecule has 124 valence electrons. The number of hydrogen-bond donors (Lipinski definition) is 1. The molecule has 0 saturated carbocycles. The maximum Gasteiger partial charge on any atom is 0.244 e. The first kappa shape index (κ1) is 17.6. The number of benzene rings is 1. The van der Waals surface area contributed by atoms with Gasteiger partial charge in [-0.1, -0.05) is 0 Å². The number of ether oxygens (including phenoxy) is 2. The van der Waals surface area contributed by atoms with Gasteiger partial charge in [0.05, 0.1) is 12.7 Å². The summed E-state index contributed by atoms with van der Waals surface area (Å²) in [4.78, 5) is 0.176. The highest BCUT2D eigenvalue weighted by Gasteiger charge is 2.36. The molecule has 0 spiro atoms. The van der Waals surface area contributed by atoms with E-state index in [9.17, 15) is 8.42 Å². The van der Waals surface area contributed by atoms with Crippen LogP contribution in [0.3, 0.4) is 0 Å². The van der Waals surface area contributed by atoms with Crippen molar-refractivity contribution in [2.45, 2.75) is 30.8 Å². The van der Waals surface area contributed by atoms with E-state index in [0.717, 1.165) is 29.1 Å². The number of nitrogens with one attached hydrogen (secondary N) is 1. The summed E-state index contributed by atoms with van der Waals surface area (Å²) in [5.74, 6) is 2.15. The Kier molecular flexibility index (Phi) is 5.42. The fourth-order valence-electron chi connectivity index (χ4n) is 2.40. The number of methoxy groups -OCH3 is 2. The van der Waals surface area contributed by atoms with Crippen LogP contribution in [0.5, 0.6) is 5.75 Å². The van der Waals surface area contributed by atoms with Crippen molar-refractivity contribution in [2.75, 3.05) is 32.3 Å². The molecule has 5 nitrogen and oxygen atoms in total. The maximum absolute atomic E-state index is 12.6. The number of aryl methyl sites for hydroxylation is 2. The van der Waals surface area contributed by atoms with Gasteiger partial charge in [0.15, 0.2) is 0 Å². The molecule has 1 atom stereocenters. The molecule has 1 aliphatic heterocycles. The van der Waals surface area contributed by atoms with Crippen molar-refractivity contribution in [1.82, 2.24) is 4.72 Å². The molecule has 1 N–H and O–H groups in total. The summed E-state index contributed by atoms with van der Waals surface area (Å²) in [6.45, 7) is 4.09. The van der Waals surface area contributed by atoms with Gasteiger partial charge in [-0.15, -0.1) is 0 Å². The molecule has 0 aromatic heterocycles. The highest BCUT2D eigenvalue weighted by Crippen LogP contribution is 2.32. The van der Waals surface area contributed by atoms with Gasteiger partial charge in [0.25, 0.3) is 0 Å². The average Bonchev–Trinajstić information content (AvgIpc) is 2.97. The Morgan fingerprint density at radius 3 is 2.50 bits per heavy atom. The zero-order valence-electron chi connectivity index (χ0n) is 13.4. The molecule has 0 unspecified atom stereocenters. The van der Waals surface area contributed by atoms with E-state index >= 15 is 0 Å². The minimum atomic E-state index is -3.64. The Labute approximate surface area is 136 Å². The van der Waals surface area contributed by atoms with E-state index in [-0.39, 0.29) is 11.4 Å². The molecule has 2 rings (SSSR count). The molecule has 1 aromatic carbocycles. The molecule has 1 aliphatic rings. The van der Waals surface area contributed by atoms with Crippen molar-refractivity contribution < 1.29 is 17.9 Å². The summed E-state index contributed by atoms with van der Waals surface area (Å²) < 4.78 is 38.7. The fourth-order valence-corrected chi connectivity index (χ4v) is 5.14. The zero-order chi connectivity index (χ0) is 16.4. The number of hydrogen-bond acceptors (Lipinski definition) is 5. The van der Waals surface area contributed by atoms with Crippen LogP contribution in [0.4, 0.5) is 0 Å². The lowest BCUT2D eigenvalue weighted by atomic mass is 10.0. The summed E-state index contributed by atoms with van der Waals surface area (Å²) in [5, 5.41) is 0. The Morgan fingerprint density at radius 2 is 1.95 bits per heavy atom. The predicted octanol–water partition coefficient (Wildman–Crippen LogP) is 2.11. The summed E-state index contributed by atoms with van der Waals surface area (Å²) in [6, 6.07) is 3.40. The highest BCUT2D eigenvalue weighted by molar-refractivity contribution is 7.99. The lowest BCUT2D eigenvalue weighted by molar-refractivity contribution is 0.0179. The topological polar surface area (TPSA) is 64.6 Å². The second kappa shape index (κ2) is 6.78. The predicted molar refractivity (Wildman–Crippen MR) is 89.3 cm³/mol. The van der Waals surface area contributed by atoms with Crippen LogP contribution >= 0.6 is 11.8 Å². The van der Waals surface area contributed by atoms with E-state index in [1.54, 1.807) is 31.0 Å². The lowest BCUT2D eigenvalue weighted by Gasteiger charge is -2.27. The normalized spacial score (nSPS) is 22.0. The van der Waals surface area contributed by atoms with Crippen LogP contribution in [0, 0.1) is 13.8 Å². The first-order chi connectivity index (χ1) is 10.3. The second-order valence-electron chi connectivity index (χ2n) is 5.60. The quantitative estimate of drug-likeness (QED) is 0.855. The van der Waals surface area contributed by atoms with Crippen molar-refractivity contribution in [1.29, 1.82) is 0 Å². The third kappa shape index (κ3) is 3.59. The molecule has 1 aromatic rings. The Bertz CT molecular complexity index is 637. The van der Waals surface area contributed by atoms with Gasteiger partial charge in [-0.05, 0) is 49.3 Å². The first-order valence-corrected chi connectivity index (χ1v) is 9.75. The minimum Gasteiger partial charge on any atom is -0.495 e. The summed E-state index contributed by atoms with van der Waals surface area (Å²) in [5.41, 5.74) is 1.50. The van der Waals surface area contributed by atoms with Gasteiger partial charge in [0.2, 0.25) is 10.0 Å². The van der Waals surface area contributed by atoms with Crippen molar-refractivity contribution in [3.8, 4) is 5.75 Å². The van der Waals surface area contributed by atoms with E-state index in [1.807, 2.05) is 13.8 Å². The molecule has 22 heavy (non-hydrogen) atoms. The molecule has 0 bridgehead atoms. The second-order valence-corrected chi connectivity index (χ2v) is 8.44. The lowest BCUT2D eigenvalue weighted by Crippen LogP contribution is -2.44. The highest BCUT2D eigenvalue weighted by atomic mass is 32.2. The monoisotopic (exact) mass is 345 g/mol. The van der Waals surface area contributed by atoms with Gasteiger partial charge in [-0.3, -0.25) is 0 Å². The standard InChI is InChI=1S/C15H23NO4S2/c1-11-7-13(19-3)14(8-12(11)2)22(17,18)16-9-15(20-4)5-6-21-10-15/h7-8,16H,5-6,9-10H2,1-4H3/t15-/m1/s1. The van der Waals surface area contributed by atoms with Crippen LogP contribution in [0.15, 0.2) is 17.0 Å². The van der Waals surface area contributed by atoms with Gasteiger partial charge >= 0.3 is 0 Å². The van der Waals surface area contributed by atoms with E-state index in [1.165, 1.54) is 7.11 Å². The van der Waals surface area contributed by atoms with Crippen LogP contribution in [0.25, 0.3) is 0 Å². The Morgan fingerprint density at radius 1 is 1.27 bits per heavy atom. The molecule has 0 aliphatic carbocycles. The molecular formula is C15H23NO4S2. The maximum atomic E-state index is 12.6. The van der Waals surface area contributed by atoms with Crippen LogP contribution in [0.1, 0.15) is 17.5 Å². The average molecular weight is 345 g/mol. The number of thioether (sulfide) groups is 1. The molecule has 0 amide bonds. The van der Waals surface area contributed by atoms with Gasteiger partial charge in [-0.2, -0.15) is 11.8 Å². The van der Waals surface area contributed by atoms with Crippen molar-refractivity contribution in [3.05, 3.63) is 23.3 Å². The van der Waals surface area contributed by atoms with Crippen LogP contribution in [-0.2, 0) is 14.8 Å². The zero-order valence-corrected chi connectivity index (χ0v) is 15.1. The number of sulfonamides is 1. The van der Waals surface area contributed by atoms with E-state index < -0.39 is 15.6 Å². The number of rotatable bonds is 6. The Hall–Kier alpha value is -0.760. The van der Waals surface area contributed by atoms with Gasteiger partial charge in [0, 0.05) is 19.4 Å². The van der Waals surface area contributed by atoms with E-state index in [2.05, 4.69) is 4.72 Å². The molecule has 0 radical (unpaired) electrons. The summed E-state index contributed by atoms with van der Waals surface area (Å²) >= 11 is 1.78. The fraction of sp³-hybridized carbons (Fsp3) is 0.600. The van der Waals surface area contributed by atoms with Crippen molar-refractivity contribution >= 4 is 21.8 Å². The molecule has 1 heterocycles. The van der Waals surface area contributed by atoms with Crippen LogP contribution in [0.2, 0.25) is 0 Å². The smallest absolute Gasteiger partial charge is 0.244 e. The molecule has 7 heteroatoms. The van der Waals surface area contributed by atoms with Gasteiger partial charge in [-0.25, -0.2) is 13.1 Å². The van der Waals surface area contributed by atoms with E-state index in [0.29, 0.717) is 5.75 Å². The molecular weight excluding hydrogens is 322 g/mol. The van der Waals surface area contributed by atoms with Gasteiger partial charge < -0.3 is 9.47 Å². The van der Waals surface area contributed by atoms with E-state index in [4.69, 9.17) is 9.47 Å². The molecule has 1 saturated heterocycles. The van der Waals surface area contributed by atoms with Gasteiger partial charge in [0.1, 0.15) is 10.6 Å². The Balaban J connectivity index is 2.25. The van der Waals surface area contributed by atoms with Crippen LogP contribution in [-0.4, -0.2) is 46.3 Å². The third-order valence-electron chi connectivity index (χ3n) is 4.15. The first-order valence-electron chi connectivity index (χ1n) is 7.11. The van der Waals surface area contributed by atoms with Crippen LogP contribution < -0.4 is 9.46 Å². The largest absolute Gasteiger partial charge is 0.495 e. The summed E-state index contributed by atoms with van der Waals surface area (Å²) in [6.07, 6.45) is 0.848. The minimum absolute atomic E-state index is 0.176. The van der Waals surface area contributed by atoms with Crippen molar-refractivity contribution in [3.63, 3.8) is 0 Å². The summed E-state index contributed by atoms with van der Waals surface area (Å²) in [7, 11) is -0.527. The SMILES string of the molecule is COc1cc(C)c(C)cc1S(=O)(=O)NC[C@]1(OC)CCSC1.